The topological polar surface area (TPSA) is 54.0 Å². The minimum Gasteiger partial charge on any atom is -0.497 e. The van der Waals surface area contributed by atoms with Crippen molar-refractivity contribution in [2.75, 3.05) is 40.9 Å². The molecule has 0 fully saturated rings. The Hall–Kier alpha value is -2.08. The van der Waals surface area contributed by atoms with Gasteiger partial charge in [0.2, 0.25) is 0 Å². The quantitative estimate of drug-likeness (QED) is 0.656. The van der Waals surface area contributed by atoms with Crippen LogP contribution in [-0.4, -0.2) is 57.0 Å². The number of rotatable bonds is 10. The van der Waals surface area contributed by atoms with Crippen LogP contribution in [0, 0.1) is 20.8 Å². The number of nitrogens with zero attached hydrogens (tertiary/aromatic N) is 1. The summed E-state index contributed by atoms with van der Waals surface area (Å²) in [5, 5.41) is 13.7. The van der Waals surface area contributed by atoms with Crippen LogP contribution in [0.2, 0.25) is 0 Å². The lowest BCUT2D eigenvalue weighted by atomic mass is 10.1. The molecule has 28 heavy (non-hydrogen) atoms. The van der Waals surface area contributed by atoms with E-state index in [1.165, 1.54) is 11.1 Å². The molecule has 0 saturated heterocycles. The molecule has 0 unspecified atom stereocenters. The Bertz CT molecular complexity index is 744. The maximum absolute atomic E-state index is 10.3. The summed E-state index contributed by atoms with van der Waals surface area (Å²) in [5.74, 6) is 1.73. The van der Waals surface area contributed by atoms with E-state index >= 15 is 0 Å². The molecule has 0 heterocycles. The molecule has 5 nitrogen and oxygen atoms in total. The van der Waals surface area contributed by atoms with Crippen molar-refractivity contribution in [2.45, 2.75) is 32.9 Å². The lowest BCUT2D eigenvalue weighted by Gasteiger charge is -2.26. The lowest BCUT2D eigenvalue weighted by Crippen LogP contribution is -2.37. The predicted molar refractivity (Wildman–Crippen MR) is 114 cm³/mol. The fraction of sp³-hybridized carbons (Fsp3) is 0.478. The van der Waals surface area contributed by atoms with E-state index < -0.39 is 6.10 Å². The van der Waals surface area contributed by atoms with Gasteiger partial charge in [0.25, 0.3) is 0 Å². The molecule has 0 spiro atoms. The molecule has 0 bridgehead atoms. The molecule has 0 amide bonds. The van der Waals surface area contributed by atoms with Crippen LogP contribution in [-0.2, 0) is 0 Å². The zero-order valence-electron chi connectivity index (χ0n) is 18.0. The van der Waals surface area contributed by atoms with Crippen molar-refractivity contribution < 1.29 is 14.6 Å². The van der Waals surface area contributed by atoms with Crippen LogP contribution < -0.4 is 14.8 Å². The molecule has 0 aliphatic rings. The SMILES string of the molecule is COc1ccc([C@@H](CNC[C@@H](O)COc2c(C)ccc(C)c2C)N(C)C)cc1. The van der Waals surface area contributed by atoms with Gasteiger partial charge in [0, 0.05) is 19.1 Å². The maximum Gasteiger partial charge on any atom is 0.125 e. The number of hydrogen-bond acceptors (Lipinski definition) is 5. The molecule has 154 valence electrons. The van der Waals surface area contributed by atoms with Gasteiger partial charge in [-0.2, -0.15) is 0 Å². The third-order valence-electron chi connectivity index (χ3n) is 5.14. The molecule has 0 aromatic heterocycles. The van der Waals surface area contributed by atoms with E-state index in [0.29, 0.717) is 6.54 Å². The Morgan fingerprint density at radius 2 is 1.61 bits per heavy atom. The number of aryl methyl sites for hydroxylation is 2. The number of hydrogen-bond donors (Lipinski definition) is 2. The highest BCUT2D eigenvalue weighted by atomic mass is 16.5. The van der Waals surface area contributed by atoms with Crippen LogP contribution in [0.5, 0.6) is 11.5 Å². The second-order valence-electron chi connectivity index (χ2n) is 7.53. The lowest BCUT2D eigenvalue weighted by molar-refractivity contribution is 0.103. The normalized spacial score (nSPS) is 13.4. The van der Waals surface area contributed by atoms with Crippen molar-refractivity contribution in [1.82, 2.24) is 10.2 Å². The Morgan fingerprint density at radius 3 is 2.21 bits per heavy atom. The van der Waals surface area contributed by atoms with Gasteiger partial charge in [0.1, 0.15) is 24.2 Å². The highest BCUT2D eigenvalue weighted by Gasteiger charge is 2.15. The van der Waals surface area contributed by atoms with E-state index in [1.807, 2.05) is 19.1 Å². The molecular formula is C23H34N2O3. The van der Waals surface area contributed by atoms with Crippen molar-refractivity contribution in [3.8, 4) is 11.5 Å². The average molecular weight is 387 g/mol. The van der Waals surface area contributed by atoms with Gasteiger partial charge in [-0.3, -0.25) is 0 Å². The van der Waals surface area contributed by atoms with Crippen LogP contribution >= 0.6 is 0 Å². The van der Waals surface area contributed by atoms with Crippen molar-refractivity contribution in [3.63, 3.8) is 0 Å². The summed E-state index contributed by atoms with van der Waals surface area (Å²) in [7, 11) is 5.78. The Kier molecular flexibility index (Phi) is 8.30. The monoisotopic (exact) mass is 386 g/mol. The van der Waals surface area contributed by atoms with Gasteiger partial charge in [-0.1, -0.05) is 24.3 Å². The molecule has 2 atom stereocenters. The molecule has 2 rings (SSSR count). The number of likely N-dealkylation sites (N-methyl/N-ethyl adjacent to an activating group) is 1. The van der Waals surface area contributed by atoms with Crippen LogP contribution in [0.15, 0.2) is 36.4 Å². The maximum atomic E-state index is 10.3. The summed E-state index contributed by atoms with van der Waals surface area (Å²) in [6, 6.07) is 12.5. The third-order valence-corrected chi connectivity index (χ3v) is 5.14. The van der Waals surface area contributed by atoms with Crippen molar-refractivity contribution in [2.24, 2.45) is 0 Å². The number of ether oxygens (including phenoxy) is 2. The summed E-state index contributed by atoms with van der Waals surface area (Å²) in [4.78, 5) is 2.16. The van der Waals surface area contributed by atoms with Gasteiger partial charge in [-0.15, -0.1) is 0 Å². The zero-order chi connectivity index (χ0) is 20.7. The highest BCUT2D eigenvalue weighted by molar-refractivity contribution is 5.44. The summed E-state index contributed by atoms with van der Waals surface area (Å²) < 4.78 is 11.1. The molecule has 0 aliphatic heterocycles. The Morgan fingerprint density at radius 1 is 0.964 bits per heavy atom. The number of methoxy groups -OCH3 is 1. The highest BCUT2D eigenvalue weighted by Crippen LogP contribution is 2.26. The van der Waals surface area contributed by atoms with Gasteiger partial charge >= 0.3 is 0 Å². The number of benzene rings is 2. The molecule has 0 radical (unpaired) electrons. The van der Waals surface area contributed by atoms with Gasteiger partial charge in [-0.05, 0) is 69.3 Å². The predicted octanol–water partition coefficient (Wildman–Crippen LogP) is 3.25. The standard InChI is InChI=1S/C23H34N2O3/c1-16-7-8-17(2)23(18(16)3)28-15-20(26)13-24-14-22(25(4)5)19-9-11-21(27-6)12-10-19/h7-12,20,22,24,26H,13-15H2,1-6H3/t20-,22-/m1/s1. The average Bonchev–Trinajstić information content (AvgIpc) is 2.68. The second kappa shape index (κ2) is 10.5. The summed E-state index contributed by atoms with van der Waals surface area (Å²) >= 11 is 0. The summed E-state index contributed by atoms with van der Waals surface area (Å²) in [5.41, 5.74) is 4.62. The van der Waals surface area contributed by atoms with Crippen LogP contribution in [0.4, 0.5) is 0 Å². The number of nitrogens with one attached hydrogen (secondary N) is 1. The molecular weight excluding hydrogens is 352 g/mol. The Balaban J connectivity index is 1.86. The first-order valence-corrected chi connectivity index (χ1v) is 9.72. The fourth-order valence-corrected chi connectivity index (χ4v) is 3.20. The first-order valence-electron chi connectivity index (χ1n) is 9.72. The van der Waals surface area contributed by atoms with E-state index in [4.69, 9.17) is 9.47 Å². The van der Waals surface area contributed by atoms with Gasteiger partial charge in [0.15, 0.2) is 0 Å². The van der Waals surface area contributed by atoms with E-state index in [2.05, 4.69) is 62.4 Å². The number of aliphatic hydroxyl groups is 1. The van der Waals surface area contributed by atoms with Gasteiger partial charge in [0.05, 0.1) is 7.11 Å². The summed E-state index contributed by atoms with van der Waals surface area (Å²) in [6.45, 7) is 7.64. The smallest absolute Gasteiger partial charge is 0.125 e. The van der Waals surface area contributed by atoms with Gasteiger partial charge in [-0.25, -0.2) is 0 Å². The largest absolute Gasteiger partial charge is 0.497 e. The summed E-state index contributed by atoms with van der Waals surface area (Å²) in [6.07, 6.45) is -0.571. The van der Waals surface area contributed by atoms with Crippen molar-refractivity contribution >= 4 is 0 Å². The van der Waals surface area contributed by atoms with Crippen molar-refractivity contribution in [1.29, 1.82) is 0 Å². The molecule has 2 aromatic rings. The van der Waals surface area contributed by atoms with Crippen LogP contribution in [0.1, 0.15) is 28.3 Å². The van der Waals surface area contributed by atoms with E-state index in [9.17, 15) is 5.11 Å². The Labute approximate surface area is 169 Å². The first kappa shape index (κ1) is 22.2. The van der Waals surface area contributed by atoms with E-state index in [0.717, 1.165) is 29.2 Å². The van der Waals surface area contributed by atoms with Crippen LogP contribution in [0.25, 0.3) is 0 Å². The molecule has 2 aromatic carbocycles. The van der Waals surface area contributed by atoms with Crippen molar-refractivity contribution in [3.05, 3.63) is 58.7 Å². The molecule has 0 aliphatic carbocycles. The minimum absolute atomic E-state index is 0.209. The molecule has 5 heteroatoms. The number of aliphatic hydroxyl groups excluding tert-OH is 1. The van der Waals surface area contributed by atoms with Gasteiger partial charge < -0.3 is 24.8 Å². The molecule has 0 saturated carbocycles. The second-order valence-corrected chi connectivity index (χ2v) is 7.53. The zero-order valence-corrected chi connectivity index (χ0v) is 18.0. The first-order chi connectivity index (χ1) is 13.3. The van der Waals surface area contributed by atoms with Crippen LogP contribution in [0.3, 0.4) is 0 Å². The fourth-order valence-electron chi connectivity index (χ4n) is 3.20. The van der Waals surface area contributed by atoms with E-state index in [1.54, 1.807) is 7.11 Å². The molecule has 2 N–H and O–H groups in total. The minimum atomic E-state index is -0.571. The third kappa shape index (κ3) is 5.96. The van der Waals surface area contributed by atoms with E-state index in [-0.39, 0.29) is 12.6 Å².